The lowest BCUT2D eigenvalue weighted by atomic mass is 9.70. The zero-order chi connectivity index (χ0) is 19.6. The van der Waals surface area contributed by atoms with Gasteiger partial charge in [-0.2, -0.15) is 13.2 Å². The van der Waals surface area contributed by atoms with E-state index in [2.05, 4.69) is 43.5 Å². The van der Waals surface area contributed by atoms with Gasteiger partial charge in [0.1, 0.15) is 0 Å². The molecule has 0 radical (unpaired) electrons. The Labute approximate surface area is 159 Å². The molecular weight excluding hydrogens is 349 g/mol. The minimum absolute atomic E-state index is 0.0674. The number of hydrogen-bond donors (Lipinski definition) is 2. The van der Waals surface area contributed by atoms with Gasteiger partial charge in [-0.1, -0.05) is 38.2 Å². The van der Waals surface area contributed by atoms with E-state index < -0.39 is 11.7 Å². The van der Waals surface area contributed by atoms with Crippen molar-refractivity contribution in [2.75, 3.05) is 11.9 Å². The zero-order valence-corrected chi connectivity index (χ0v) is 16.0. The van der Waals surface area contributed by atoms with Crippen molar-refractivity contribution >= 4 is 5.69 Å². The SMILES string of the molecule is C[C@@H](CN)CC[C@@H]1[C@H](C)c2cc(C(F)(F)F)ccc2N[C@H]1C1C=CC=CC1. The van der Waals surface area contributed by atoms with E-state index in [4.69, 9.17) is 5.73 Å². The van der Waals surface area contributed by atoms with Crippen LogP contribution in [0.3, 0.4) is 0 Å². The van der Waals surface area contributed by atoms with Crippen LogP contribution in [0.5, 0.6) is 0 Å². The van der Waals surface area contributed by atoms with Gasteiger partial charge in [-0.05, 0) is 67.3 Å². The molecule has 1 aliphatic heterocycles. The Bertz CT molecular complexity index is 708. The predicted molar refractivity (Wildman–Crippen MR) is 105 cm³/mol. The first kappa shape index (κ1) is 20.0. The molecule has 1 aromatic carbocycles. The molecule has 1 aromatic rings. The van der Waals surface area contributed by atoms with E-state index in [0.717, 1.165) is 30.5 Å². The second-order valence-corrected chi connectivity index (χ2v) is 8.05. The molecule has 3 rings (SSSR count). The third-order valence-corrected chi connectivity index (χ3v) is 6.17. The van der Waals surface area contributed by atoms with Gasteiger partial charge in [0.2, 0.25) is 0 Å². The molecule has 0 aromatic heterocycles. The summed E-state index contributed by atoms with van der Waals surface area (Å²) in [5, 5.41) is 3.58. The van der Waals surface area contributed by atoms with Crippen molar-refractivity contribution in [3.8, 4) is 0 Å². The molecule has 0 saturated heterocycles. The summed E-state index contributed by atoms with van der Waals surface area (Å²) in [6, 6.07) is 4.33. The van der Waals surface area contributed by atoms with E-state index in [-0.39, 0.29) is 17.9 Å². The quantitative estimate of drug-likeness (QED) is 0.687. The van der Waals surface area contributed by atoms with Crippen LogP contribution in [0, 0.1) is 17.8 Å². The molecule has 0 bridgehead atoms. The average Bonchev–Trinajstić information content (AvgIpc) is 2.66. The summed E-state index contributed by atoms with van der Waals surface area (Å²) >= 11 is 0. The summed E-state index contributed by atoms with van der Waals surface area (Å²) in [6.45, 7) is 4.85. The monoisotopic (exact) mass is 378 g/mol. The molecule has 2 nitrogen and oxygen atoms in total. The maximum Gasteiger partial charge on any atom is 0.416 e. The smallest absolute Gasteiger partial charge is 0.381 e. The van der Waals surface area contributed by atoms with E-state index in [0.29, 0.717) is 18.4 Å². The largest absolute Gasteiger partial charge is 0.416 e. The molecule has 148 valence electrons. The number of alkyl halides is 3. The van der Waals surface area contributed by atoms with Crippen molar-refractivity contribution in [2.24, 2.45) is 23.5 Å². The fourth-order valence-corrected chi connectivity index (χ4v) is 4.39. The lowest BCUT2D eigenvalue weighted by molar-refractivity contribution is -0.137. The number of hydrogen-bond acceptors (Lipinski definition) is 2. The Kier molecular flexibility index (Phi) is 5.99. The number of anilines is 1. The maximum absolute atomic E-state index is 13.2. The first-order valence-corrected chi connectivity index (χ1v) is 9.82. The minimum Gasteiger partial charge on any atom is -0.381 e. The molecule has 1 unspecified atom stereocenters. The van der Waals surface area contributed by atoms with Crippen LogP contribution in [0.25, 0.3) is 0 Å². The van der Waals surface area contributed by atoms with E-state index in [1.807, 2.05) is 0 Å². The highest BCUT2D eigenvalue weighted by molar-refractivity contribution is 5.58. The van der Waals surface area contributed by atoms with Crippen LogP contribution < -0.4 is 11.1 Å². The minimum atomic E-state index is -4.31. The van der Waals surface area contributed by atoms with E-state index in [9.17, 15) is 13.2 Å². The summed E-state index contributed by atoms with van der Waals surface area (Å²) in [6.07, 6.45) is 7.11. The first-order valence-electron chi connectivity index (χ1n) is 9.82. The van der Waals surface area contributed by atoms with Gasteiger partial charge in [-0.15, -0.1) is 0 Å². The highest BCUT2D eigenvalue weighted by Crippen LogP contribution is 2.45. The normalized spacial score (nSPS) is 28.5. The molecule has 2 aliphatic rings. The maximum atomic E-state index is 13.2. The highest BCUT2D eigenvalue weighted by Gasteiger charge is 2.39. The van der Waals surface area contributed by atoms with Crippen LogP contribution in [0.15, 0.2) is 42.5 Å². The Morgan fingerprint density at radius 1 is 1.26 bits per heavy atom. The number of fused-ring (bicyclic) bond motifs is 1. The second kappa shape index (κ2) is 8.09. The van der Waals surface area contributed by atoms with Crippen LogP contribution in [0.1, 0.15) is 50.2 Å². The molecular formula is C22H29F3N2. The molecule has 27 heavy (non-hydrogen) atoms. The number of benzene rings is 1. The van der Waals surface area contributed by atoms with Gasteiger partial charge >= 0.3 is 6.18 Å². The van der Waals surface area contributed by atoms with Gasteiger partial charge in [0.25, 0.3) is 0 Å². The molecule has 3 N–H and O–H groups in total. The fraction of sp³-hybridized carbons (Fsp3) is 0.545. The van der Waals surface area contributed by atoms with Crippen LogP contribution in [0.2, 0.25) is 0 Å². The summed E-state index contributed by atoms with van der Waals surface area (Å²) < 4.78 is 39.6. The number of nitrogens with two attached hydrogens (primary N) is 1. The van der Waals surface area contributed by atoms with Gasteiger partial charge < -0.3 is 11.1 Å². The Hall–Kier alpha value is -1.75. The van der Waals surface area contributed by atoms with Gasteiger partial charge in [0.05, 0.1) is 5.56 Å². The van der Waals surface area contributed by atoms with Crippen molar-refractivity contribution in [1.29, 1.82) is 0 Å². The molecule has 1 heterocycles. The average molecular weight is 378 g/mol. The Morgan fingerprint density at radius 2 is 2.04 bits per heavy atom. The fourth-order valence-electron chi connectivity index (χ4n) is 4.39. The predicted octanol–water partition coefficient (Wildman–Crippen LogP) is 5.73. The Morgan fingerprint density at radius 3 is 2.67 bits per heavy atom. The van der Waals surface area contributed by atoms with Crippen LogP contribution in [0.4, 0.5) is 18.9 Å². The lowest BCUT2D eigenvalue weighted by Crippen LogP contribution is -2.42. The molecule has 5 atom stereocenters. The van der Waals surface area contributed by atoms with Gasteiger partial charge in [0, 0.05) is 17.6 Å². The second-order valence-electron chi connectivity index (χ2n) is 8.05. The molecule has 0 amide bonds. The van der Waals surface area contributed by atoms with E-state index in [1.165, 1.54) is 12.1 Å². The van der Waals surface area contributed by atoms with Gasteiger partial charge in [0.15, 0.2) is 0 Å². The topological polar surface area (TPSA) is 38.0 Å². The van der Waals surface area contributed by atoms with Crippen molar-refractivity contribution in [3.05, 3.63) is 53.6 Å². The molecule has 1 aliphatic carbocycles. The molecule has 0 fully saturated rings. The van der Waals surface area contributed by atoms with Crippen molar-refractivity contribution in [3.63, 3.8) is 0 Å². The number of allylic oxidation sites excluding steroid dienone is 3. The molecule has 5 heteroatoms. The molecule has 0 saturated carbocycles. The number of rotatable bonds is 5. The van der Waals surface area contributed by atoms with Gasteiger partial charge in [-0.3, -0.25) is 0 Å². The molecule has 0 spiro atoms. The first-order chi connectivity index (χ1) is 12.8. The van der Waals surface area contributed by atoms with Gasteiger partial charge in [-0.25, -0.2) is 0 Å². The summed E-state index contributed by atoms with van der Waals surface area (Å²) in [7, 11) is 0. The van der Waals surface area contributed by atoms with E-state index >= 15 is 0 Å². The standard InChI is InChI=1S/C22H29F3N2/c1-14(13-26)8-10-18-15(2)19-12-17(22(23,24)25)9-11-20(19)27-21(18)16-6-4-3-5-7-16/h3-6,9,11-12,14-16,18,21,27H,7-8,10,13,26H2,1-2H3/t14-,15+,16?,18-,21+/m1/s1. The highest BCUT2D eigenvalue weighted by atomic mass is 19.4. The zero-order valence-electron chi connectivity index (χ0n) is 16.0. The van der Waals surface area contributed by atoms with E-state index in [1.54, 1.807) is 6.07 Å². The van der Waals surface area contributed by atoms with Crippen LogP contribution >= 0.6 is 0 Å². The summed E-state index contributed by atoms with van der Waals surface area (Å²) in [4.78, 5) is 0. The summed E-state index contributed by atoms with van der Waals surface area (Å²) in [5.41, 5.74) is 6.84. The Balaban J connectivity index is 1.92. The van der Waals surface area contributed by atoms with Crippen molar-refractivity contribution < 1.29 is 13.2 Å². The number of halogens is 3. The third kappa shape index (κ3) is 4.40. The lowest BCUT2D eigenvalue weighted by Gasteiger charge is -2.43. The van der Waals surface area contributed by atoms with Crippen LogP contribution in [-0.4, -0.2) is 12.6 Å². The van der Waals surface area contributed by atoms with Crippen molar-refractivity contribution in [2.45, 2.75) is 51.2 Å². The van der Waals surface area contributed by atoms with Crippen LogP contribution in [-0.2, 0) is 6.18 Å². The third-order valence-electron chi connectivity index (χ3n) is 6.17. The summed E-state index contributed by atoms with van der Waals surface area (Å²) in [5.74, 6) is 1.11. The van der Waals surface area contributed by atoms with Crippen molar-refractivity contribution in [1.82, 2.24) is 0 Å². The number of nitrogens with one attached hydrogen (secondary N) is 1.